The van der Waals surface area contributed by atoms with E-state index in [0.29, 0.717) is 5.82 Å². The van der Waals surface area contributed by atoms with Crippen LogP contribution in [0.15, 0.2) is 224 Å². The number of rotatable bonds is 6. The Labute approximate surface area is 349 Å². The molecule has 2 aliphatic rings. The molecular formula is C57H37N3. The van der Waals surface area contributed by atoms with Crippen LogP contribution in [0, 0.1) is 0 Å². The molecule has 2 aliphatic carbocycles. The van der Waals surface area contributed by atoms with Gasteiger partial charge in [-0.25, -0.2) is 9.97 Å². The summed E-state index contributed by atoms with van der Waals surface area (Å²) in [6, 6.07) is 80.6. The average molecular weight is 764 g/mol. The highest BCUT2D eigenvalue weighted by molar-refractivity contribution is 6.02. The standard InChI is InChI=1S/C57H37N3/c1-3-18-42(19-4-1)60(43-20-5-2-6-21-43)44-36-34-39(35-37-44)38-30-32-41(33-31-38)56-58-54(48-26-15-17-40-16-7-8-22-45(40)48)53-55(59-56)49-25-11-14-29-52(49)57(53)50-27-12-9-23-46(50)47-24-10-13-28-51(47)57/h1-37H. The van der Waals surface area contributed by atoms with E-state index in [1.807, 2.05) is 0 Å². The Balaban J connectivity index is 1.02. The minimum Gasteiger partial charge on any atom is -0.311 e. The monoisotopic (exact) mass is 763 g/mol. The molecule has 0 N–H and O–H groups in total. The summed E-state index contributed by atoms with van der Waals surface area (Å²) in [6.45, 7) is 0. The van der Waals surface area contributed by atoms with Gasteiger partial charge in [0.2, 0.25) is 0 Å². The molecule has 0 aliphatic heterocycles. The number of anilines is 3. The highest BCUT2D eigenvalue weighted by Gasteiger charge is 2.54. The number of hydrogen-bond donors (Lipinski definition) is 0. The minimum absolute atomic E-state index is 0.573. The topological polar surface area (TPSA) is 29.0 Å². The highest BCUT2D eigenvalue weighted by Crippen LogP contribution is 2.64. The molecule has 280 valence electrons. The predicted octanol–water partition coefficient (Wildman–Crippen LogP) is 14.4. The molecule has 1 heterocycles. The van der Waals surface area contributed by atoms with Crippen LogP contribution >= 0.6 is 0 Å². The maximum Gasteiger partial charge on any atom is 0.160 e. The third-order valence-corrected chi connectivity index (χ3v) is 12.5. The maximum absolute atomic E-state index is 5.66. The lowest BCUT2D eigenvalue weighted by atomic mass is 9.69. The quantitative estimate of drug-likeness (QED) is 0.169. The SMILES string of the molecule is c1ccc(N(c2ccccc2)c2ccc(-c3ccc(-c4nc5c(c(-c6cccc7ccccc67)n4)C4(c6ccccc6-c6ccccc64)c4ccccc4-5)cc3)cc2)cc1. The Bertz CT molecular complexity index is 3150. The zero-order valence-electron chi connectivity index (χ0n) is 32.7. The van der Waals surface area contributed by atoms with Crippen molar-refractivity contribution in [1.29, 1.82) is 0 Å². The van der Waals surface area contributed by atoms with Crippen molar-refractivity contribution in [1.82, 2.24) is 9.97 Å². The molecule has 0 amide bonds. The van der Waals surface area contributed by atoms with Crippen LogP contribution in [0.25, 0.3) is 66.9 Å². The first-order valence-electron chi connectivity index (χ1n) is 20.6. The normalized spacial score (nSPS) is 12.8. The van der Waals surface area contributed by atoms with Crippen molar-refractivity contribution in [3.63, 3.8) is 0 Å². The van der Waals surface area contributed by atoms with Crippen molar-refractivity contribution in [2.75, 3.05) is 4.90 Å². The number of aromatic nitrogens is 2. The van der Waals surface area contributed by atoms with Gasteiger partial charge in [-0.1, -0.05) is 188 Å². The summed E-state index contributed by atoms with van der Waals surface area (Å²) in [5.41, 5.74) is 17.7. The van der Waals surface area contributed by atoms with Crippen LogP contribution in [0.2, 0.25) is 0 Å². The Morgan fingerprint density at radius 3 is 1.35 bits per heavy atom. The summed E-state index contributed by atoms with van der Waals surface area (Å²) in [5.74, 6) is 0.714. The molecule has 10 aromatic rings. The second-order valence-electron chi connectivity index (χ2n) is 15.7. The predicted molar refractivity (Wildman–Crippen MR) is 247 cm³/mol. The smallest absolute Gasteiger partial charge is 0.160 e. The fourth-order valence-corrected chi connectivity index (χ4v) is 9.93. The van der Waals surface area contributed by atoms with Gasteiger partial charge in [-0.2, -0.15) is 0 Å². The molecule has 12 rings (SSSR count). The number of hydrogen-bond acceptors (Lipinski definition) is 3. The highest BCUT2D eigenvalue weighted by atomic mass is 15.1. The third kappa shape index (κ3) is 5.09. The van der Waals surface area contributed by atoms with Crippen LogP contribution in [0.3, 0.4) is 0 Å². The minimum atomic E-state index is -0.573. The first kappa shape index (κ1) is 34.2. The molecule has 60 heavy (non-hydrogen) atoms. The lowest BCUT2D eigenvalue weighted by Crippen LogP contribution is -2.27. The van der Waals surface area contributed by atoms with E-state index in [-0.39, 0.29) is 0 Å². The summed E-state index contributed by atoms with van der Waals surface area (Å²) >= 11 is 0. The van der Waals surface area contributed by atoms with Crippen LogP contribution in [0.4, 0.5) is 17.1 Å². The molecule has 0 saturated carbocycles. The number of benzene rings is 9. The van der Waals surface area contributed by atoms with Crippen LogP contribution in [-0.4, -0.2) is 9.97 Å². The summed E-state index contributed by atoms with van der Waals surface area (Å²) < 4.78 is 0. The zero-order valence-corrected chi connectivity index (χ0v) is 32.7. The van der Waals surface area contributed by atoms with Crippen molar-refractivity contribution in [3.05, 3.63) is 247 Å². The van der Waals surface area contributed by atoms with Gasteiger partial charge in [0.15, 0.2) is 5.82 Å². The number of para-hydroxylation sites is 2. The van der Waals surface area contributed by atoms with E-state index in [2.05, 4.69) is 229 Å². The van der Waals surface area contributed by atoms with E-state index in [1.54, 1.807) is 0 Å². The fraction of sp³-hybridized carbons (Fsp3) is 0.0175. The first-order valence-corrected chi connectivity index (χ1v) is 20.6. The van der Waals surface area contributed by atoms with E-state index in [1.165, 1.54) is 38.6 Å². The Hall–Kier alpha value is -7.88. The Kier molecular flexibility index (Phi) is 7.76. The van der Waals surface area contributed by atoms with Gasteiger partial charge < -0.3 is 4.90 Å². The van der Waals surface area contributed by atoms with Crippen molar-refractivity contribution >= 4 is 27.8 Å². The molecule has 1 aromatic heterocycles. The van der Waals surface area contributed by atoms with E-state index < -0.39 is 5.41 Å². The first-order chi connectivity index (χ1) is 29.8. The third-order valence-electron chi connectivity index (χ3n) is 12.5. The molecule has 1 spiro atoms. The maximum atomic E-state index is 5.66. The molecule has 0 atom stereocenters. The lowest BCUT2D eigenvalue weighted by Gasteiger charge is -2.31. The molecule has 0 fully saturated rings. The zero-order chi connectivity index (χ0) is 39.6. The van der Waals surface area contributed by atoms with Gasteiger partial charge in [-0.15, -0.1) is 0 Å². The number of nitrogens with zero attached hydrogens (tertiary/aromatic N) is 3. The van der Waals surface area contributed by atoms with E-state index in [4.69, 9.17) is 9.97 Å². The van der Waals surface area contributed by atoms with Gasteiger partial charge in [-0.05, 0) is 86.1 Å². The second kappa shape index (κ2) is 13.6. The van der Waals surface area contributed by atoms with Gasteiger partial charge in [0, 0.05) is 39.3 Å². The van der Waals surface area contributed by atoms with Gasteiger partial charge >= 0.3 is 0 Å². The molecule has 9 aromatic carbocycles. The molecule has 3 nitrogen and oxygen atoms in total. The summed E-state index contributed by atoms with van der Waals surface area (Å²) in [6.07, 6.45) is 0. The Morgan fingerprint density at radius 2 is 0.733 bits per heavy atom. The van der Waals surface area contributed by atoms with Crippen molar-refractivity contribution in [3.8, 4) is 56.2 Å². The molecule has 0 unspecified atom stereocenters. The van der Waals surface area contributed by atoms with E-state index >= 15 is 0 Å². The van der Waals surface area contributed by atoms with Crippen molar-refractivity contribution < 1.29 is 0 Å². The average Bonchev–Trinajstić information content (AvgIpc) is 3.80. The molecule has 0 radical (unpaired) electrons. The Morgan fingerprint density at radius 1 is 0.317 bits per heavy atom. The number of fused-ring (bicyclic) bond motifs is 11. The van der Waals surface area contributed by atoms with Gasteiger partial charge in [0.1, 0.15) is 0 Å². The van der Waals surface area contributed by atoms with Crippen LogP contribution in [0.5, 0.6) is 0 Å². The largest absolute Gasteiger partial charge is 0.311 e. The lowest BCUT2D eigenvalue weighted by molar-refractivity contribution is 0.788. The van der Waals surface area contributed by atoms with Gasteiger partial charge in [0.25, 0.3) is 0 Å². The van der Waals surface area contributed by atoms with E-state index in [9.17, 15) is 0 Å². The van der Waals surface area contributed by atoms with Crippen molar-refractivity contribution in [2.45, 2.75) is 5.41 Å². The second-order valence-corrected chi connectivity index (χ2v) is 15.7. The summed E-state index contributed by atoms with van der Waals surface area (Å²) in [5, 5.41) is 2.36. The molecular weight excluding hydrogens is 727 g/mol. The van der Waals surface area contributed by atoms with Crippen LogP contribution in [-0.2, 0) is 5.41 Å². The van der Waals surface area contributed by atoms with Gasteiger partial charge in [-0.3, -0.25) is 0 Å². The summed E-state index contributed by atoms with van der Waals surface area (Å²) in [4.78, 5) is 13.5. The van der Waals surface area contributed by atoms with E-state index in [0.717, 1.165) is 61.8 Å². The van der Waals surface area contributed by atoms with Crippen LogP contribution in [0.1, 0.15) is 22.3 Å². The molecule has 0 saturated heterocycles. The van der Waals surface area contributed by atoms with Crippen LogP contribution < -0.4 is 4.90 Å². The molecule has 0 bridgehead atoms. The summed E-state index contributed by atoms with van der Waals surface area (Å²) in [7, 11) is 0. The molecule has 3 heteroatoms. The fourth-order valence-electron chi connectivity index (χ4n) is 9.93. The van der Waals surface area contributed by atoms with Gasteiger partial charge in [0.05, 0.1) is 16.8 Å². The van der Waals surface area contributed by atoms with Crippen molar-refractivity contribution in [2.24, 2.45) is 0 Å².